The van der Waals surface area contributed by atoms with Crippen LogP contribution in [0.25, 0.3) is 0 Å². The highest BCUT2D eigenvalue weighted by Crippen LogP contribution is 2.16. The molecule has 19 heavy (non-hydrogen) atoms. The quantitative estimate of drug-likeness (QED) is 0.852. The molecule has 0 aliphatic rings. The van der Waals surface area contributed by atoms with Gasteiger partial charge in [-0.25, -0.2) is 9.97 Å². The van der Waals surface area contributed by atoms with Crippen LogP contribution in [0, 0.1) is 0 Å². The van der Waals surface area contributed by atoms with Crippen molar-refractivity contribution in [2.45, 2.75) is 26.2 Å². The van der Waals surface area contributed by atoms with E-state index in [2.05, 4.69) is 26.3 Å². The average molecular weight is 277 g/mol. The minimum atomic E-state index is 0.262. The maximum atomic E-state index is 5.99. The van der Waals surface area contributed by atoms with E-state index in [4.69, 9.17) is 11.6 Å². The normalized spacial score (nSPS) is 10.7. The zero-order chi connectivity index (χ0) is 13.7. The van der Waals surface area contributed by atoms with Crippen molar-refractivity contribution < 1.29 is 0 Å². The molecule has 1 N–H and O–H groups in total. The molecule has 0 radical (unpaired) electrons. The predicted molar refractivity (Wildman–Crippen MR) is 77.6 cm³/mol. The molecule has 4 nitrogen and oxygen atoms in total. The van der Waals surface area contributed by atoms with Crippen molar-refractivity contribution in [3.05, 3.63) is 47.1 Å². The summed E-state index contributed by atoms with van der Waals surface area (Å²) in [6, 6.07) is 5.74. The third-order valence-electron chi connectivity index (χ3n) is 2.67. The van der Waals surface area contributed by atoms with Crippen molar-refractivity contribution in [2.24, 2.45) is 0 Å². The van der Waals surface area contributed by atoms with Gasteiger partial charge in [0.1, 0.15) is 16.8 Å². The molecule has 0 saturated heterocycles. The molecule has 0 amide bonds. The van der Waals surface area contributed by atoms with Crippen LogP contribution in [0.2, 0.25) is 5.15 Å². The number of anilines is 1. The lowest BCUT2D eigenvalue weighted by atomic mass is 10.2. The summed E-state index contributed by atoms with van der Waals surface area (Å²) in [4.78, 5) is 12.7. The van der Waals surface area contributed by atoms with Crippen LogP contribution in [-0.2, 0) is 6.42 Å². The SMILES string of the molecule is CC(C)c1nc(Cl)cc(NCCc2cccnc2)n1. The Morgan fingerprint density at radius 3 is 2.84 bits per heavy atom. The third kappa shape index (κ3) is 4.17. The molecule has 0 saturated carbocycles. The summed E-state index contributed by atoms with van der Waals surface area (Å²) in [5.41, 5.74) is 1.19. The number of rotatable bonds is 5. The van der Waals surface area contributed by atoms with E-state index < -0.39 is 0 Å². The van der Waals surface area contributed by atoms with E-state index >= 15 is 0 Å². The van der Waals surface area contributed by atoms with E-state index in [-0.39, 0.29) is 5.92 Å². The Bertz CT molecular complexity index is 528. The molecule has 2 rings (SSSR count). The lowest BCUT2D eigenvalue weighted by Gasteiger charge is -2.09. The molecular formula is C14H17ClN4. The van der Waals surface area contributed by atoms with E-state index in [1.807, 2.05) is 26.1 Å². The summed E-state index contributed by atoms with van der Waals surface area (Å²) in [6.07, 6.45) is 4.54. The van der Waals surface area contributed by atoms with Crippen LogP contribution in [-0.4, -0.2) is 21.5 Å². The number of pyridine rings is 1. The molecular weight excluding hydrogens is 260 g/mol. The first kappa shape index (κ1) is 13.7. The van der Waals surface area contributed by atoms with Crippen LogP contribution in [0.15, 0.2) is 30.6 Å². The number of halogens is 1. The Balaban J connectivity index is 1.96. The Hall–Kier alpha value is -1.68. The minimum Gasteiger partial charge on any atom is -0.370 e. The number of hydrogen-bond acceptors (Lipinski definition) is 4. The highest BCUT2D eigenvalue weighted by atomic mass is 35.5. The van der Waals surface area contributed by atoms with Crippen LogP contribution in [0.5, 0.6) is 0 Å². The number of nitrogens with zero attached hydrogens (tertiary/aromatic N) is 3. The van der Waals surface area contributed by atoms with Gasteiger partial charge in [0.2, 0.25) is 0 Å². The number of hydrogen-bond donors (Lipinski definition) is 1. The van der Waals surface area contributed by atoms with Gasteiger partial charge in [0.25, 0.3) is 0 Å². The van der Waals surface area contributed by atoms with E-state index in [9.17, 15) is 0 Å². The third-order valence-corrected chi connectivity index (χ3v) is 2.86. The highest BCUT2D eigenvalue weighted by Gasteiger charge is 2.06. The topological polar surface area (TPSA) is 50.7 Å². The first-order valence-corrected chi connectivity index (χ1v) is 6.70. The molecule has 2 aromatic rings. The summed E-state index contributed by atoms with van der Waals surface area (Å²) in [5.74, 6) is 1.79. The summed E-state index contributed by atoms with van der Waals surface area (Å²) in [7, 11) is 0. The lowest BCUT2D eigenvalue weighted by molar-refractivity contribution is 0.774. The number of nitrogens with one attached hydrogen (secondary N) is 1. The molecule has 0 spiro atoms. The van der Waals surface area contributed by atoms with Crippen LogP contribution in [0.3, 0.4) is 0 Å². The summed E-state index contributed by atoms with van der Waals surface area (Å²) >= 11 is 5.99. The van der Waals surface area contributed by atoms with Gasteiger partial charge in [-0.05, 0) is 18.1 Å². The molecule has 0 aliphatic carbocycles. The first-order chi connectivity index (χ1) is 9.15. The second-order valence-electron chi connectivity index (χ2n) is 4.63. The first-order valence-electron chi connectivity index (χ1n) is 6.32. The van der Waals surface area contributed by atoms with Gasteiger partial charge in [0.15, 0.2) is 0 Å². The van der Waals surface area contributed by atoms with Gasteiger partial charge in [0.05, 0.1) is 0 Å². The smallest absolute Gasteiger partial charge is 0.135 e. The molecule has 100 valence electrons. The Morgan fingerprint density at radius 2 is 2.16 bits per heavy atom. The van der Waals surface area contributed by atoms with E-state index in [1.165, 1.54) is 5.56 Å². The van der Waals surface area contributed by atoms with Gasteiger partial charge in [-0.2, -0.15) is 0 Å². The van der Waals surface area contributed by atoms with Gasteiger partial charge >= 0.3 is 0 Å². The largest absolute Gasteiger partial charge is 0.370 e. The molecule has 0 unspecified atom stereocenters. The van der Waals surface area contributed by atoms with E-state index in [0.29, 0.717) is 5.15 Å². The molecule has 5 heteroatoms. The summed E-state index contributed by atoms with van der Waals surface area (Å²) < 4.78 is 0. The molecule has 0 aromatic carbocycles. The Morgan fingerprint density at radius 1 is 1.32 bits per heavy atom. The summed E-state index contributed by atoms with van der Waals surface area (Å²) in [6.45, 7) is 4.88. The maximum Gasteiger partial charge on any atom is 0.135 e. The molecule has 0 atom stereocenters. The second kappa shape index (κ2) is 6.48. The van der Waals surface area contributed by atoms with Crippen molar-refractivity contribution in [3.63, 3.8) is 0 Å². The van der Waals surface area contributed by atoms with Gasteiger partial charge in [-0.1, -0.05) is 31.5 Å². The minimum absolute atomic E-state index is 0.262. The summed E-state index contributed by atoms with van der Waals surface area (Å²) in [5, 5.41) is 3.74. The van der Waals surface area contributed by atoms with Crippen LogP contribution < -0.4 is 5.32 Å². The molecule has 2 heterocycles. The fraction of sp³-hybridized carbons (Fsp3) is 0.357. The van der Waals surface area contributed by atoms with Crippen LogP contribution in [0.4, 0.5) is 5.82 Å². The fourth-order valence-corrected chi connectivity index (χ4v) is 1.85. The zero-order valence-electron chi connectivity index (χ0n) is 11.1. The highest BCUT2D eigenvalue weighted by molar-refractivity contribution is 6.29. The number of aromatic nitrogens is 3. The van der Waals surface area contributed by atoms with Gasteiger partial charge in [-0.15, -0.1) is 0 Å². The lowest BCUT2D eigenvalue weighted by Crippen LogP contribution is -2.09. The van der Waals surface area contributed by atoms with Crippen molar-refractivity contribution in [2.75, 3.05) is 11.9 Å². The Kier molecular flexibility index (Phi) is 4.68. The predicted octanol–water partition coefficient (Wildman–Crippen LogP) is 3.30. The van der Waals surface area contributed by atoms with Crippen LogP contribution >= 0.6 is 11.6 Å². The van der Waals surface area contributed by atoms with Crippen molar-refractivity contribution in [1.82, 2.24) is 15.0 Å². The van der Waals surface area contributed by atoms with E-state index in [1.54, 1.807) is 12.3 Å². The molecule has 0 bridgehead atoms. The average Bonchev–Trinajstić information content (AvgIpc) is 2.39. The molecule has 0 aliphatic heterocycles. The van der Waals surface area contributed by atoms with Crippen molar-refractivity contribution >= 4 is 17.4 Å². The second-order valence-corrected chi connectivity index (χ2v) is 5.01. The fourth-order valence-electron chi connectivity index (χ4n) is 1.66. The Labute approximate surface area is 118 Å². The molecule has 2 aromatic heterocycles. The molecule has 0 fully saturated rings. The zero-order valence-corrected chi connectivity index (χ0v) is 11.9. The van der Waals surface area contributed by atoms with Crippen molar-refractivity contribution in [1.29, 1.82) is 0 Å². The van der Waals surface area contributed by atoms with Gasteiger partial charge < -0.3 is 5.32 Å². The van der Waals surface area contributed by atoms with Crippen LogP contribution in [0.1, 0.15) is 31.2 Å². The maximum absolute atomic E-state index is 5.99. The monoisotopic (exact) mass is 276 g/mol. The van der Waals surface area contributed by atoms with Gasteiger partial charge in [-0.3, -0.25) is 4.98 Å². The van der Waals surface area contributed by atoms with Crippen molar-refractivity contribution in [3.8, 4) is 0 Å². The van der Waals surface area contributed by atoms with E-state index in [0.717, 1.165) is 24.6 Å². The van der Waals surface area contributed by atoms with Gasteiger partial charge in [0, 0.05) is 30.9 Å². The standard InChI is InChI=1S/C14H17ClN4/c1-10(2)14-18-12(15)8-13(19-14)17-7-5-11-4-3-6-16-9-11/h3-4,6,8-10H,5,7H2,1-2H3,(H,17,18,19).